The third-order valence-corrected chi connectivity index (χ3v) is 2.55. The first-order valence-electron chi connectivity index (χ1n) is 5.44. The Morgan fingerprint density at radius 1 is 0.800 bits per heavy atom. The maximum absolute atomic E-state index is 3.11. The highest BCUT2D eigenvalue weighted by Gasteiger charge is 1.90. The van der Waals surface area contributed by atoms with Gasteiger partial charge >= 0.3 is 0 Å². The normalized spacial score (nSPS) is 10.1. The van der Waals surface area contributed by atoms with Crippen molar-refractivity contribution >= 4 is 0 Å². The van der Waals surface area contributed by atoms with Gasteiger partial charge < -0.3 is 0 Å². The minimum Gasteiger partial charge on any atom is -0.184 e. The van der Waals surface area contributed by atoms with Crippen LogP contribution >= 0.6 is 0 Å². The van der Waals surface area contributed by atoms with Crippen molar-refractivity contribution in [3.05, 3.63) is 71.8 Å². The molecule has 0 saturated carbocycles. The molecule has 0 aliphatic heterocycles. The average Bonchev–Trinajstić information content (AvgIpc) is 2.32. The molecule has 2 aromatic rings. The second-order valence-corrected chi connectivity index (χ2v) is 3.75. The van der Waals surface area contributed by atoms with Crippen molar-refractivity contribution in [1.82, 2.24) is 0 Å². The van der Waals surface area contributed by atoms with E-state index in [0.29, 0.717) is 0 Å². The van der Waals surface area contributed by atoms with E-state index in [1.165, 1.54) is 17.5 Å². The van der Waals surface area contributed by atoms with Crippen molar-refractivity contribution in [1.29, 1.82) is 0 Å². The van der Waals surface area contributed by atoms with E-state index in [-0.39, 0.29) is 0 Å². The fourth-order valence-corrected chi connectivity index (χ4v) is 1.73. The molecule has 0 heteroatoms. The molecule has 0 aliphatic carbocycles. The highest BCUT2D eigenvalue weighted by atomic mass is 14.0. The molecule has 0 amide bonds. The largest absolute Gasteiger partial charge is 0.184 e. The van der Waals surface area contributed by atoms with Crippen LogP contribution in [0.1, 0.15) is 17.5 Å². The van der Waals surface area contributed by atoms with Crippen LogP contribution in [0, 0.1) is 6.07 Å². The standard InChI is InChI=1S/C15H15/c1-3-8-14(9-4-1)12-7-13-15-10-5-2-6-11-15/h1-5,8-11H,7,12-13H2/q-1. The lowest BCUT2D eigenvalue weighted by Gasteiger charge is -2.06. The Morgan fingerprint density at radius 3 is 2.27 bits per heavy atom. The molecule has 0 nitrogen and oxygen atoms in total. The fourth-order valence-electron chi connectivity index (χ4n) is 1.73. The molecule has 0 N–H and O–H groups in total. The zero-order chi connectivity index (χ0) is 10.3. The maximum atomic E-state index is 3.11. The van der Waals surface area contributed by atoms with Crippen LogP contribution in [0.3, 0.4) is 0 Å². The van der Waals surface area contributed by atoms with Gasteiger partial charge in [-0.3, -0.25) is 0 Å². The summed E-state index contributed by atoms with van der Waals surface area (Å²) in [6.45, 7) is 0. The molecule has 0 radical (unpaired) electrons. The summed E-state index contributed by atoms with van der Waals surface area (Å²) in [7, 11) is 0. The SMILES string of the molecule is [c-]1cccc(CCCc2ccccc2)c1. The Hall–Kier alpha value is -1.56. The second-order valence-electron chi connectivity index (χ2n) is 3.75. The summed E-state index contributed by atoms with van der Waals surface area (Å²) in [4.78, 5) is 0. The molecule has 0 unspecified atom stereocenters. The predicted octanol–water partition coefficient (Wildman–Crippen LogP) is 3.66. The van der Waals surface area contributed by atoms with Crippen molar-refractivity contribution in [2.24, 2.45) is 0 Å². The van der Waals surface area contributed by atoms with Gasteiger partial charge in [-0.25, -0.2) is 0 Å². The molecule has 2 aromatic carbocycles. The first kappa shape index (κ1) is 9.97. The zero-order valence-corrected chi connectivity index (χ0v) is 8.82. The van der Waals surface area contributed by atoms with Crippen LogP contribution in [0.25, 0.3) is 0 Å². The van der Waals surface area contributed by atoms with E-state index in [1.807, 2.05) is 6.07 Å². The Kier molecular flexibility index (Phi) is 3.56. The van der Waals surface area contributed by atoms with Crippen molar-refractivity contribution in [2.75, 3.05) is 0 Å². The van der Waals surface area contributed by atoms with Crippen LogP contribution in [-0.2, 0) is 12.8 Å². The van der Waals surface area contributed by atoms with Gasteiger partial charge in [0.25, 0.3) is 0 Å². The van der Waals surface area contributed by atoms with Gasteiger partial charge in [0.1, 0.15) is 0 Å². The van der Waals surface area contributed by atoms with Crippen LogP contribution in [-0.4, -0.2) is 0 Å². The van der Waals surface area contributed by atoms with E-state index >= 15 is 0 Å². The van der Waals surface area contributed by atoms with E-state index in [9.17, 15) is 0 Å². The maximum Gasteiger partial charge on any atom is -0.0285 e. The summed E-state index contributed by atoms with van der Waals surface area (Å²) in [5.41, 5.74) is 2.81. The summed E-state index contributed by atoms with van der Waals surface area (Å²) in [5, 5.41) is 0. The molecule has 0 saturated heterocycles. The van der Waals surface area contributed by atoms with Crippen LogP contribution in [0.4, 0.5) is 0 Å². The molecule has 0 aromatic heterocycles. The molecule has 0 heterocycles. The number of benzene rings is 2. The van der Waals surface area contributed by atoms with Gasteiger partial charge in [0.05, 0.1) is 0 Å². The first-order chi connectivity index (χ1) is 7.45. The molecule has 15 heavy (non-hydrogen) atoms. The quantitative estimate of drug-likeness (QED) is 0.653. The molecule has 0 spiro atoms. The minimum atomic E-state index is 1.15. The minimum absolute atomic E-state index is 1.15. The number of rotatable bonds is 4. The average molecular weight is 195 g/mol. The molecule has 0 aliphatic rings. The number of hydrogen-bond donors (Lipinski definition) is 0. The van der Waals surface area contributed by atoms with E-state index in [4.69, 9.17) is 0 Å². The van der Waals surface area contributed by atoms with Gasteiger partial charge in [-0.05, 0) is 12.0 Å². The second kappa shape index (κ2) is 5.35. The van der Waals surface area contributed by atoms with Crippen molar-refractivity contribution in [3.63, 3.8) is 0 Å². The van der Waals surface area contributed by atoms with Gasteiger partial charge in [0.15, 0.2) is 0 Å². The van der Waals surface area contributed by atoms with Crippen molar-refractivity contribution in [2.45, 2.75) is 19.3 Å². The van der Waals surface area contributed by atoms with Crippen LogP contribution in [0.5, 0.6) is 0 Å². The molecular weight excluding hydrogens is 180 g/mol. The van der Waals surface area contributed by atoms with Gasteiger partial charge in [0, 0.05) is 0 Å². The Morgan fingerprint density at radius 2 is 1.53 bits per heavy atom. The van der Waals surface area contributed by atoms with E-state index in [0.717, 1.165) is 12.8 Å². The van der Waals surface area contributed by atoms with E-state index < -0.39 is 0 Å². The zero-order valence-electron chi connectivity index (χ0n) is 8.82. The van der Waals surface area contributed by atoms with Crippen molar-refractivity contribution in [3.8, 4) is 0 Å². The first-order valence-corrected chi connectivity index (χ1v) is 5.44. The monoisotopic (exact) mass is 195 g/mol. The summed E-state index contributed by atoms with van der Waals surface area (Å²) >= 11 is 0. The van der Waals surface area contributed by atoms with Crippen LogP contribution in [0.2, 0.25) is 0 Å². The topological polar surface area (TPSA) is 0 Å². The molecule has 76 valence electrons. The Labute approximate surface area is 91.6 Å². The molecule has 0 bridgehead atoms. The van der Waals surface area contributed by atoms with Crippen molar-refractivity contribution < 1.29 is 0 Å². The third-order valence-electron chi connectivity index (χ3n) is 2.55. The van der Waals surface area contributed by atoms with Crippen LogP contribution in [0.15, 0.2) is 54.6 Å². The lowest BCUT2D eigenvalue weighted by Crippen LogP contribution is -1.89. The smallest absolute Gasteiger partial charge is 0.0285 e. The molecule has 0 atom stereocenters. The van der Waals surface area contributed by atoms with Crippen LogP contribution < -0.4 is 0 Å². The van der Waals surface area contributed by atoms with Gasteiger partial charge in [0.2, 0.25) is 0 Å². The summed E-state index contributed by atoms with van der Waals surface area (Å²) in [5.74, 6) is 0. The predicted molar refractivity (Wildman–Crippen MR) is 63.7 cm³/mol. The Balaban J connectivity index is 1.81. The molecule has 0 fully saturated rings. The number of aryl methyl sites for hydroxylation is 2. The number of hydrogen-bond acceptors (Lipinski definition) is 0. The highest BCUT2D eigenvalue weighted by molar-refractivity contribution is 5.16. The summed E-state index contributed by atoms with van der Waals surface area (Å²) < 4.78 is 0. The fraction of sp³-hybridized carbons (Fsp3) is 0.200. The van der Waals surface area contributed by atoms with Gasteiger partial charge in [-0.15, -0.1) is 0 Å². The third kappa shape index (κ3) is 3.25. The highest BCUT2D eigenvalue weighted by Crippen LogP contribution is 2.07. The summed E-state index contributed by atoms with van der Waals surface area (Å²) in [6.07, 6.45) is 3.52. The van der Waals surface area contributed by atoms with Gasteiger partial charge in [-0.2, -0.15) is 35.9 Å². The van der Waals surface area contributed by atoms with E-state index in [2.05, 4.69) is 54.6 Å². The molecule has 2 rings (SSSR count). The lowest BCUT2D eigenvalue weighted by molar-refractivity contribution is 0.820. The van der Waals surface area contributed by atoms with E-state index in [1.54, 1.807) is 0 Å². The van der Waals surface area contributed by atoms with Gasteiger partial charge in [-0.1, -0.05) is 43.2 Å². The lowest BCUT2D eigenvalue weighted by atomic mass is 10.0. The summed E-state index contributed by atoms with van der Waals surface area (Å²) in [6, 6.07) is 22.0. The Bertz CT molecular complexity index is 336. The molecular formula is C15H15-.